The highest BCUT2D eigenvalue weighted by Crippen LogP contribution is 2.17. The number of hydrogen-bond donors (Lipinski definition) is 1. The predicted octanol–water partition coefficient (Wildman–Crippen LogP) is 3.07. The van der Waals surface area contributed by atoms with Gasteiger partial charge in [-0.25, -0.2) is 13.2 Å². The van der Waals surface area contributed by atoms with Crippen LogP contribution in [0.25, 0.3) is 0 Å². The molecule has 7 heteroatoms. The quantitative estimate of drug-likeness (QED) is 0.788. The maximum Gasteiger partial charge on any atom is 0.317 e. The van der Waals surface area contributed by atoms with Crippen LogP contribution in [-0.2, 0) is 16.4 Å². The molecule has 0 radical (unpaired) electrons. The molecule has 1 fully saturated rings. The number of carbonyl (C=O) groups excluding carboxylic acids is 1. The lowest BCUT2D eigenvalue weighted by atomic mass is 10.0. The number of amides is 2. The average molecular weight is 416 g/mol. The molecule has 1 saturated heterocycles. The number of urea groups is 1. The Bertz CT molecular complexity index is 904. The summed E-state index contributed by atoms with van der Waals surface area (Å²) in [4.78, 5) is 14.4. The smallest absolute Gasteiger partial charge is 0.317 e. The molecule has 1 aliphatic heterocycles. The first-order valence-corrected chi connectivity index (χ1v) is 11.5. The summed E-state index contributed by atoms with van der Waals surface area (Å²) in [5.41, 5.74) is 2.49. The molecule has 6 nitrogen and oxygen atoms in total. The minimum Gasteiger partial charge on any atom is -0.338 e. The van der Waals surface area contributed by atoms with Crippen molar-refractivity contribution in [3.63, 3.8) is 0 Å². The fourth-order valence-electron chi connectivity index (χ4n) is 3.37. The van der Waals surface area contributed by atoms with Gasteiger partial charge in [0.05, 0.1) is 4.90 Å². The number of carbonyl (C=O) groups is 1. The van der Waals surface area contributed by atoms with E-state index in [2.05, 4.69) is 43.4 Å². The van der Waals surface area contributed by atoms with E-state index in [1.54, 1.807) is 35.2 Å². The van der Waals surface area contributed by atoms with Gasteiger partial charge < -0.3 is 10.2 Å². The molecule has 0 bridgehead atoms. The van der Waals surface area contributed by atoms with Gasteiger partial charge in [-0.1, -0.05) is 56.3 Å². The van der Waals surface area contributed by atoms with E-state index in [9.17, 15) is 13.2 Å². The van der Waals surface area contributed by atoms with Gasteiger partial charge in [0.25, 0.3) is 0 Å². The molecule has 0 saturated carbocycles. The van der Waals surface area contributed by atoms with Gasteiger partial charge >= 0.3 is 6.03 Å². The second kappa shape index (κ2) is 9.41. The van der Waals surface area contributed by atoms with Crippen LogP contribution in [0.4, 0.5) is 4.79 Å². The van der Waals surface area contributed by atoms with Gasteiger partial charge in [0.2, 0.25) is 10.0 Å². The second-order valence-corrected chi connectivity index (χ2v) is 9.52. The minimum absolute atomic E-state index is 0.138. The summed E-state index contributed by atoms with van der Waals surface area (Å²) < 4.78 is 26.8. The zero-order chi connectivity index (χ0) is 20.9. The van der Waals surface area contributed by atoms with Crippen molar-refractivity contribution in [3.05, 3.63) is 65.7 Å². The Balaban J connectivity index is 1.45. The Hall–Kier alpha value is -2.38. The molecule has 0 aromatic heterocycles. The van der Waals surface area contributed by atoms with E-state index in [0.717, 1.165) is 6.42 Å². The molecule has 156 valence electrons. The number of benzene rings is 2. The maximum absolute atomic E-state index is 12.7. The number of sulfonamides is 1. The first-order valence-electron chi connectivity index (χ1n) is 10.0. The van der Waals surface area contributed by atoms with Crippen LogP contribution in [0, 0.1) is 0 Å². The molecular formula is C22H29N3O3S. The Kier molecular flexibility index (Phi) is 6.92. The van der Waals surface area contributed by atoms with Crippen LogP contribution in [0.3, 0.4) is 0 Å². The van der Waals surface area contributed by atoms with E-state index >= 15 is 0 Å². The van der Waals surface area contributed by atoms with Crippen molar-refractivity contribution in [3.8, 4) is 0 Å². The molecule has 1 aliphatic rings. The van der Waals surface area contributed by atoms with Crippen LogP contribution >= 0.6 is 0 Å². The standard InChI is InChI=1S/C22H29N3O3S/c1-18(2)20-10-8-19(9-11-20)12-13-23-22(26)24-14-16-25(17-15-24)29(27,28)21-6-4-3-5-7-21/h3-11,18H,12-17H2,1-2H3,(H,23,26). The molecule has 0 atom stereocenters. The zero-order valence-corrected chi connectivity index (χ0v) is 17.9. The van der Waals surface area contributed by atoms with E-state index in [1.165, 1.54) is 15.4 Å². The van der Waals surface area contributed by atoms with Crippen LogP contribution < -0.4 is 5.32 Å². The van der Waals surface area contributed by atoms with E-state index in [0.29, 0.717) is 43.5 Å². The van der Waals surface area contributed by atoms with Crippen molar-refractivity contribution in [2.24, 2.45) is 0 Å². The third-order valence-corrected chi connectivity index (χ3v) is 7.16. The molecule has 29 heavy (non-hydrogen) atoms. The molecule has 2 aromatic carbocycles. The van der Waals surface area contributed by atoms with Crippen molar-refractivity contribution in [1.82, 2.24) is 14.5 Å². The molecule has 1 heterocycles. The van der Waals surface area contributed by atoms with Crippen molar-refractivity contribution < 1.29 is 13.2 Å². The van der Waals surface area contributed by atoms with Gasteiger partial charge in [0, 0.05) is 32.7 Å². The zero-order valence-electron chi connectivity index (χ0n) is 17.0. The molecule has 0 unspecified atom stereocenters. The molecule has 3 rings (SSSR count). The Morgan fingerprint density at radius 1 is 0.966 bits per heavy atom. The third kappa shape index (κ3) is 5.36. The summed E-state index contributed by atoms with van der Waals surface area (Å²) >= 11 is 0. The molecule has 0 spiro atoms. The highest BCUT2D eigenvalue weighted by molar-refractivity contribution is 7.89. The van der Waals surface area contributed by atoms with Gasteiger partial charge in [-0.15, -0.1) is 0 Å². The third-order valence-electron chi connectivity index (χ3n) is 5.24. The van der Waals surface area contributed by atoms with Crippen molar-refractivity contribution in [2.45, 2.75) is 31.1 Å². The second-order valence-electron chi connectivity index (χ2n) is 7.58. The normalized spacial score (nSPS) is 15.5. The van der Waals surface area contributed by atoms with E-state index in [-0.39, 0.29) is 6.03 Å². The SMILES string of the molecule is CC(C)c1ccc(CCNC(=O)N2CCN(S(=O)(=O)c3ccccc3)CC2)cc1. The lowest BCUT2D eigenvalue weighted by Crippen LogP contribution is -2.53. The van der Waals surface area contributed by atoms with E-state index in [4.69, 9.17) is 0 Å². The number of piperazine rings is 1. The Morgan fingerprint density at radius 3 is 2.17 bits per heavy atom. The van der Waals surface area contributed by atoms with E-state index in [1.807, 2.05) is 0 Å². The van der Waals surface area contributed by atoms with Gasteiger partial charge in [-0.3, -0.25) is 0 Å². The number of nitrogens with one attached hydrogen (secondary N) is 1. The van der Waals surface area contributed by atoms with Crippen LogP contribution in [0.5, 0.6) is 0 Å². The molecule has 2 amide bonds. The van der Waals surface area contributed by atoms with Gasteiger partial charge in [-0.05, 0) is 35.6 Å². The van der Waals surface area contributed by atoms with Crippen LogP contribution in [0.15, 0.2) is 59.5 Å². The molecule has 1 N–H and O–H groups in total. The van der Waals surface area contributed by atoms with Crippen molar-refractivity contribution in [1.29, 1.82) is 0 Å². The molecule has 0 aliphatic carbocycles. The van der Waals surface area contributed by atoms with E-state index < -0.39 is 10.0 Å². The predicted molar refractivity (Wildman–Crippen MR) is 114 cm³/mol. The fourth-order valence-corrected chi connectivity index (χ4v) is 4.81. The van der Waals surface area contributed by atoms with Crippen molar-refractivity contribution in [2.75, 3.05) is 32.7 Å². The first kappa shape index (κ1) is 21.3. The summed E-state index contributed by atoms with van der Waals surface area (Å²) in [6, 6.07) is 16.8. The number of rotatable bonds is 6. The average Bonchev–Trinajstić information content (AvgIpc) is 2.74. The lowest BCUT2D eigenvalue weighted by Gasteiger charge is -2.34. The van der Waals surface area contributed by atoms with Crippen LogP contribution in [0.2, 0.25) is 0 Å². The first-order chi connectivity index (χ1) is 13.9. The lowest BCUT2D eigenvalue weighted by molar-refractivity contribution is 0.172. The largest absolute Gasteiger partial charge is 0.338 e. The summed E-state index contributed by atoms with van der Waals surface area (Å²) in [5.74, 6) is 0.508. The van der Waals surface area contributed by atoms with Crippen LogP contribution in [0.1, 0.15) is 30.9 Å². The summed E-state index contributed by atoms with van der Waals surface area (Å²) in [5, 5.41) is 2.94. The number of nitrogens with zero attached hydrogens (tertiary/aromatic N) is 2. The minimum atomic E-state index is -3.50. The summed E-state index contributed by atoms with van der Waals surface area (Å²) in [6.07, 6.45) is 0.770. The summed E-state index contributed by atoms with van der Waals surface area (Å²) in [7, 11) is -3.50. The topological polar surface area (TPSA) is 69.7 Å². The number of hydrogen-bond acceptors (Lipinski definition) is 3. The van der Waals surface area contributed by atoms with Gasteiger partial charge in [0.1, 0.15) is 0 Å². The fraction of sp³-hybridized carbons (Fsp3) is 0.409. The van der Waals surface area contributed by atoms with Crippen LogP contribution in [-0.4, -0.2) is 56.4 Å². The molecular weight excluding hydrogens is 386 g/mol. The molecule has 2 aromatic rings. The Morgan fingerprint density at radius 2 is 1.59 bits per heavy atom. The highest BCUT2D eigenvalue weighted by Gasteiger charge is 2.29. The summed E-state index contributed by atoms with van der Waals surface area (Å²) in [6.45, 7) is 6.28. The monoisotopic (exact) mass is 415 g/mol. The maximum atomic E-state index is 12.7. The Labute approximate surface area is 173 Å². The van der Waals surface area contributed by atoms with Gasteiger partial charge in [0.15, 0.2) is 0 Å². The van der Waals surface area contributed by atoms with Crippen molar-refractivity contribution >= 4 is 16.1 Å². The van der Waals surface area contributed by atoms with Gasteiger partial charge in [-0.2, -0.15) is 4.31 Å². The highest BCUT2D eigenvalue weighted by atomic mass is 32.2.